The molecule has 1 amide bonds. The molecule has 0 radical (unpaired) electrons. The third-order valence-electron chi connectivity index (χ3n) is 2.68. The Morgan fingerprint density at radius 2 is 2.16 bits per heavy atom. The summed E-state index contributed by atoms with van der Waals surface area (Å²) in [5.41, 5.74) is 1.37. The predicted octanol–water partition coefficient (Wildman–Crippen LogP) is 2.19. The maximum absolute atomic E-state index is 13.5. The van der Waals surface area contributed by atoms with E-state index < -0.39 is 5.82 Å². The highest BCUT2D eigenvalue weighted by molar-refractivity contribution is 5.99. The van der Waals surface area contributed by atoms with Crippen molar-refractivity contribution in [3.63, 3.8) is 0 Å². The topological polar surface area (TPSA) is 54.0 Å². The molecular formula is C14H14FN3O. The van der Waals surface area contributed by atoms with Gasteiger partial charge in [-0.3, -0.25) is 9.78 Å². The van der Waals surface area contributed by atoms with Crippen molar-refractivity contribution in [1.29, 1.82) is 0 Å². The SMILES string of the molecule is CNc1c(F)cccc1C(=O)NCc1cccnc1. The molecule has 1 heterocycles. The Morgan fingerprint density at radius 3 is 2.84 bits per heavy atom. The van der Waals surface area contributed by atoms with E-state index in [4.69, 9.17) is 0 Å². The van der Waals surface area contributed by atoms with Crippen LogP contribution in [0.1, 0.15) is 15.9 Å². The Kier molecular flexibility index (Phi) is 4.07. The summed E-state index contributed by atoms with van der Waals surface area (Å²) in [7, 11) is 1.58. The number of halogens is 1. The first kappa shape index (κ1) is 13.0. The van der Waals surface area contributed by atoms with Gasteiger partial charge in [-0.1, -0.05) is 12.1 Å². The van der Waals surface area contributed by atoms with Gasteiger partial charge in [0.05, 0.1) is 11.3 Å². The maximum Gasteiger partial charge on any atom is 0.253 e. The van der Waals surface area contributed by atoms with Crippen LogP contribution in [0.25, 0.3) is 0 Å². The number of hydrogen-bond donors (Lipinski definition) is 2. The number of carbonyl (C=O) groups excluding carboxylic acids is 1. The molecule has 4 nitrogen and oxygen atoms in total. The molecule has 0 aliphatic carbocycles. The number of rotatable bonds is 4. The number of benzene rings is 1. The summed E-state index contributed by atoms with van der Waals surface area (Å²) >= 11 is 0. The summed E-state index contributed by atoms with van der Waals surface area (Å²) in [6.07, 6.45) is 3.34. The second-order valence-corrected chi connectivity index (χ2v) is 3.96. The van der Waals surface area contributed by atoms with Crippen LogP contribution >= 0.6 is 0 Å². The summed E-state index contributed by atoms with van der Waals surface area (Å²) in [6, 6.07) is 8.05. The first-order valence-corrected chi connectivity index (χ1v) is 5.85. The third kappa shape index (κ3) is 3.07. The molecule has 2 rings (SSSR count). The van der Waals surface area contributed by atoms with Crippen molar-refractivity contribution in [2.45, 2.75) is 6.54 Å². The van der Waals surface area contributed by atoms with Gasteiger partial charge in [0, 0.05) is 26.0 Å². The van der Waals surface area contributed by atoms with Crippen LogP contribution in [-0.4, -0.2) is 17.9 Å². The molecule has 0 aliphatic rings. The third-order valence-corrected chi connectivity index (χ3v) is 2.68. The number of nitrogens with zero attached hydrogens (tertiary/aromatic N) is 1. The largest absolute Gasteiger partial charge is 0.385 e. The van der Waals surface area contributed by atoms with Crippen molar-refractivity contribution in [2.24, 2.45) is 0 Å². The highest BCUT2D eigenvalue weighted by Gasteiger charge is 2.13. The second kappa shape index (κ2) is 5.95. The average molecular weight is 259 g/mol. The van der Waals surface area contributed by atoms with Gasteiger partial charge in [-0.2, -0.15) is 0 Å². The van der Waals surface area contributed by atoms with E-state index in [1.54, 1.807) is 31.6 Å². The number of hydrogen-bond acceptors (Lipinski definition) is 3. The Labute approximate surface area is 110 Å². The lowest BCUT2D eigenvalue weighted by molar-refractivity contribution is 0.0951. The van der Waals surface area contributed by atoms with Crippen LogP contribution in [0.4, 0.5) is 10.1 Å². The van der Waals surface area contributed by atoms with Crippen molar-refractivity contribution < 1.29 is 9.18 Å². The minimum atomic E-state index is -0.448. The quantitative estimate of drug-likeness (QED) is 0.885. The number of amides is 1. The zero-order valence-electron chi connectivity index (χ0n) is 10.5. The number of para-hydroxylation sites is 1. The summed E-state index contributed by atoms with van der Waals surface area (Å²) < 4.78 is 13.5. The molecule has 0 saturated heterocycles. The van der Waals surface area contributed by atoms with E-state index in [-0.39, 0.29) is 17.2 Å². The fourth-order valence-electron chi connectivity index (χ4n) is 1.75. The molecule has 0 unspecified atom stereocenters. The summed E-state index contributed by atoms with van der Waals surface area (Å²) in [6.45, 7) is 0.354. The molecule has 0 saturated carbocycles. The molecule has 0 atom stereocenters. The molecule has 98 valence electrons. The van der Waals surface area contributed by atoms with Gasteiger partial charge >= 0.3 is 0 Å². The molecule has 0 spiro atoms. The highest BCUT2D eigenvalue weighted by Crippen LogP contribution is 2.19. The fourth-order valence-corrected chi connectivity index (χ4v) is 1.75. The Balaban J connectivity index is 2.10. The number of aromatic nitrogens is 1. The molecule has 2 aromatic rings. The van der Waals surface area contributed by atoms with E-state index in [2.05, 4.69) is 15.6 Å². The second-order valence-electron chi connectivity index (χ2n) is 3.96. The van der Waals surface area contributed by atoms with E-state index in [9.17, 15) is 9.18 Å². The minimum absolute atomic E-state index is 0.200. The number of nitrogens with one attached hydrogen (secondary N) is 2. The van der Waals surface area contributed by atoms with E-state index in [0.29, 0.717) is 6.54 Å². The van der Waals surface area contributed by atoms with Gasteiger partial charge in [0.25, 0.3) is 5.91 Å². The van der Waals surface area contributed by atoms with Gasteiger partial charge in [-0.05, 0) is 23.8 Å². The van der Waals surface area contributed by atoms with Gasteiger partial charge in [-0.25, -0.2) is 4.39 Å². The van der Waals surface area contributed by atoms with Crippen LogP contribution in [0.3, 0.4) is 0 Å². The number of carbonyl (C=O) groups is 1. The lowest BCUT2D eigenvalue weighted by Gasteiger charge is -2.10. The van der Waals surface area contributed by atoms with Gasteiger partial charge < -0.3 is 10.6 Å². The van der Waals surface area contributed by atoms with Crippen LogP contribution in [0, 0.1) is 5.82 Å². The van der Waals surface area contributed by atoms with Crippen molar-refractivity contribution in [3.05, 3.63) is 59.7 Å². The average Bonchev–Trinajstić information content (AvgIpc) is 2.45. The number of anilines is 1. The zero-order chi connectivity index (χ0) is 13.7. The van der Waals surface area contributed by atoms with E-state index in [1.165, 1.54) is 12.1 Å². The van der Waals surface area contributed by atoms with Crippen LogP contribution in [0.5, 0.6) is 0 Å². The standard InChI is InChI=1S/C14H14FN3O/c1-16-13-11(5-2-6-12(13)15)14(19)18-9-10-4-3-7-17-8-10/h2-8,16H,9H2,1H3,(H,18,19). The van der Waals surface area contributed by atoms with E-state index in [0.717, 1.165) is 5.56 Å². The van der Waals surface area contributed by atoms with Crippen LogP contribution in [-0.2, 0) is 6.54 Å². The van der Waals surface area contributed by atoms with Crippen molar-refractivity contribution in [1.82, 2.24) is 10.3 Å². The maximum atomic E-state index is 13.5. The van der Waals surface area contributed by atoms with Crippen molar-refractivity contribution in [2.75, 3.05) is 12.4 Å². The molecule has 0 bridgehead atoms. The highest BCUT2D eigenvalue weighted by atomic mass is 19.1. The van der Waals surface area contributed by atoms with Gasteiger partial charge in [0.2, 0.25) is 0 Å². The number of pyridine rings is 1. The minimum Gasteiger partial charge on any atom is -0.385 e. The molecular weight excluding hydrogens is 245 g/mol. The van der Waals surface area contributed by atoms with Crippen LogP contribution in [0.15, 0.2) is 42.7 Å². The van der Waals surface area contributed by atoms with Crippen molar-refractivity contribution in [3.8, 4) is 0 Å². The van der Waals surface area contributed by atoms with Gasteiger partial charge in [0.1, 0.15) is 5.82 Å². The molecule has 0 aliphatic heterocycles. The molecule has 5 heteroatoms. The summed E-state index contributed by atoms with van der Waals surface area (Å²) in [4.78, 5) is 16.0. The molecule has 0 fully saturated rings. The summed E-state index contributed by atoms with van der Waals surface area (Å²) in [5.74, 6) is -0.774. The summed E-state index contributed by atoms with van der Waals surface area (Å²) in [5, 5.41) is 5.43. The lowest BCUT2D eigenvalue weighted by atomic mass is 10.1. The Hall–Kier alpha value is -2.43. The lowest BCUT2D eigenvalue weighted by Crippen LogP contribution is -2.24. The molecule has 1 aromatic heterocycles. The first-order valence-electron chi connectivity index (χ1n) is 5.85. The predicted molar refractivity (Wildman–Crippen MR) is 71.4 cm³/mol. The van der Waals surface area contributed by atoms with E-state index in [1.807, 2.05) is 6.07 Å². The van der Waals surface area contributed by atoms with E-state index >= 15 is 0 Å². The molecule has 1 aromatic carbocycles. The van der Waals surface area contributed by atoms with Crippen LogP contribution < -0.4 is 10.6 Å². The zero-order valence-corrected chi connectivity index (χ0v) is 10.5. The molecule has 19 heavy (non-hydrogen) atoms. The molecule has 2 N–H and O–H groups in total. The first-order chi connectivity index (χ1) is 9.22. The Morgan fingerprint density at radius 1 is 1.32 bits per heavy atom. The van der Waals surface area contributed by atoms with Gasteiger partial charge in [0.15, 0.2) is 0 Å². The van der Waals surface area contributed by atoms with Gasteiger partial charge in [-0.15, -0.1) is 0 Å². The monoisotopic (exact) mass is 259 g/mol. The van der Waals surface area contributed by atoms with Crippen molar-refractivity contribution >= 4 is 11.6 Å². The normalized spacial score (nSPS) is 10.0. The van der Waals surface area contributed by atoms with Crippen LogP contribution in [0.2, 0.25) is 0 Å². The fraction of sp³-hybridized carbons (Fsp3) is 0.143. The smallest absolute Gasteiger partial charge is 0.253 e. The Bertz CT molecular complexity index is 572.